The lowest BCUT2D eigenvalue weighted by molar-refractivity contribution is 0.0499. The largest absolute Gasteiger partial charge is 0.506 e. The summed E-state index contributed by atoms with van der Waals surface area (Å²) in [4.78, 5) is 7.25. The lowest BCUT2D eigenvalue weighted by Gasteiger charge is -2.44. The highest BCUT2D eigenvalue weighted by Crippen LogP contribution is 2.45. The van der Waals surface area contributed by atoms with Crippen LogP contribution in [0.25, 0.3) is 33.1 Å². The highest BCUT2D eigenvalue weighted by Gasteiger charge is 2.33. The zero-order valence-electron chi connectivity index (χ0n) is 21.7. The number of aromatic nitrogens is 3. The normalized spacial score (nSPS) is 20.1. The number of H-pyrrole nitrogens is 1. The second-order valence-corrected chi connectivity index (χ2v) is 10.8. The van der Waals surface area contributed by atoms with Crippen LogP contribution in [-0.2, 0) is 0 Å². The molecule has 2 unspecified atom stereocenters. The van der Waals surface area contributed by atoms with Crippen molar-refractivity contribution in [3.8, 4) is 28.5 Å². The standard InChI is InChI=1S/C29H32ClFN4O3/c1-16-24-26-25(27(32-29(24)34-33-16)18-9-10-22(36)19(30)14-18)20(31)15-23(28(26)37-2)38-13-12-35-11-5-7-17-6-3-4-8-21(17)35/h9-10,14-15,17,21,36H,3-8,11-13H2,1-2H3,(H,32,33,34). The topological polar surface area (TPSA) is 83.5 Å². The number of phenolic OH excluding ortho intramolecular Hbond substituents is 1. The van der Waals surface area contributed by atoms with Gasteiger partial charge in [-0.2, -0.15) is 5.10 Å². The fourth-order valence-electron chi connectivity index (χ4n) is 6.50. The molecule has 200 valence electrons. The smallest absolute Gasteiger partial charge is 0.169 e. The van der Waals surface area contributed by atoms with Gasteiger partial charge >= 0.3 is 0 Å². The van der Waals surface area contributed by atoms with Crippen LogP contribution in [0.15, 0.2) is 24.3 Å². The van der Waals surface area contributed by atoms with E-state index in [0.29, 0.717) is 57.5 Å². The summed E-state index contributed by atoms with van der Waals surface area (Å²) in [7, 11) is 1.57. The Bertz CT molecular complexity index is 1500. The molecule has 3 heterocycles. The van der Waals surface area contributed by atoms with Crippen molar-refractivity contribution in [1.82, 2.24) is 20.1 Å². The summed E-state index contributed by atoms with van der Waals surface area (Å²) in [5, 5.41) is 18.9. The van der Waals surface area contributed by atoms with Crippen molar-refractivity contribution in [2.75, 3.05) is 26.8 Å². The molecule has 0 radical (unpaired) electrons. The molecule has 7 nitrogen and oxygen atoms in total. The van der Waals surface area contributed by atoms with Crippen molar-refractivity contribution in [2.45, 2.75) is 51.5 Å². The Hall–Kier alpha value is -3.10. The molecule has 1 saturated heterocycles. The number of fused-ring (bicyclic) bond motifs is 4. The van der Waals surface area contributed by atoms with Crippen LogP contribution in [0.1, 0.15) is 44.2 Å². The number of hydrogen-bond acceptors (Lipinski definition) is 6. The van der Waals surface area contributed by atoms with Crippen molar-refractivity contribution < 1.29 is 19.0 Å². The molecule has 2 fully saturated rings. The molecule has 0 spiro atoms. The number of phenols is 1. The first-order valence-electron chi connectivity index (χ1n) is 13.4. The van der Waals surface area contributed by atoms with Crippen LogP contribution in [0.4, 0.5) is 4.39 Å². The van der Waals surface area contributed by atoms with Crippen LogP contribution in [0.5, 0.6) is 17.2 Å². The summed E-state index contributed by atoms with van der Waals surface area (Å²) < 4.78 is 28.1. The molecule has 2 aliphatic rings. The van der Waals surface area contributed by atoms with Crippen molar-refractivity contribution in [1.29, 1.82) is 0 Å². The number of piperidine rings is 1. The van der Waals surface area contributed by atoms with Crippen LogP contribution in [-0.4, -0.2) is 58.0 Å². The SMILES string of the molecule is COc1c(OCCN2CCCC3CCCCC32)cc(F)c2c(-c3ccc(O)c(Cl)c3)nc3[nH]nc(C)c3c12. The van der Waals surface area contributed by atoms with Crippen LogP contribution < -0.4 is 9.47 Å². The average molecular weight is 539 g/mol. The Balaban J connectivity index is 1.40. The predicted octanol–water partition coefficient (Wildman–Crippen LogP) is 6.63. The van der Waals surface area contributed by atoms with Crippen molar-refractivity contribution >= 4 is 33.4 Å². The van der Waals surface area contributed by atoms with Gasteiger partial charge in [-0.15, -0.1) is 0 Å². The lowest BCUT2D eigenvalue weighted by Crippen LogP contribution is -2.48. The molecule has 6 rings (SSSR count). The van der Waals surface area contributed by atoms with E-state index in [1.54, 1.807) is 19.2 Å². The molecule has 1 saturated carbocycles. The highest BCUT2D eigenvalue weighted by molar-refractivity contribution is 6.32. The first kappa shape index (κ1) is 25.2. The molecule has 4 aromatic rings. The Morgan fingerprint density at radius 1 is 1.13 bits per heavy atom. The average Bonchev–Trinajstić information content (AvgIpc) is 3.30. The number of nitrogens with one attached hydrogen (secondary N) is 1. The van der Waals surface area contributed by atoms with Crippen molar-refractivity contribution in [3.63, 3.8) is 0 Å². The summed E-state index contributed by atoms with van der Waals surface area (Å²) in [6, 6.07) is 6.72. The van der Waals surface area contributed by atoms with Gasteiger partial charge < -0.3 is 14.6 Å². The van der Waals surface area contributed by atoms with Gasteiger partial charge in [0.15, 0.2) is 17.1 Å². The fraction of sp³-hybridized carbons (Fsp3) is 0.448. The first-order valence-corrected chi connectivity index (χ1v) is 13.7. The zero-order chi connectivity index (χ0) is 26.4. The van der Waals surface area contributed by atoms with Gasteiger partial charge in [0.05, 0.1) is 28.9 Å². The van der Waals surface area contributed by atoms with E-state index in [0.717, 1.165) is 19.0 Å². The van der Waals surface area contributed by atoms with Crippen LogP contribution >= 0.6 is 11.6 Å². The quantitative estimate of drug-likeness (QED) is 0.287. The molecular weight excluding hydrogens is 507 g/mol. The third-order valence-electron chi connectivity index (χ3n) is 8.26. The molecule has 38 heavy (non-hydrogen) atoms. The molecular formula is C29H32ClFN4O3. The van der Waals surface area contributed by atoms with E-state index >= 15 is 4.39 Å². The third-order valence-corrected chi connectivity index (χ3v) is 8.56. The van der Waals surface area contributed by atoms with Gasteiger partial charge in [0, 0.05) is 35.0 Å². The Labute approximate surface area is 225 Å². The predicted molar refractivity (Wildman–Crippen MR) is 147 cm³/mol. The zero-order valence-corrected chi connectivity index (χ0v) is 22.4. The first-order chi connectivity index (χ1) is 18.5. The Morgan fingerprint density at radius 3 is 2.76 bits per heavy atom. The molecule has 9 heteroatoms. The lowest BCUT2D eigenvalue weighted by atomic mass is 9.78. The number of ether oxygens (including phenoxy) is 2. The van der Waals surface area contributed by atoms with Crippen LogP contribution in [0.3, 0.4) is 0 Å². The second-order valence-electron chi connectivity index (χ2n) is 10.4. The number of aromatic hydroxyl groups is 1. The molecule has 2 atom stereocenters. The minimum Gasteiger partial charge on any atom is -0.506 e. The summed E-state index contributed by atoms with van der Waals surface area (Å²) in [6.07, 6.45) is 7.78. The monoisotopic (exact) mass is 538 g/mol. The Kier molecular flexibility index (Phi) is 6.78. The van der Waals surface area contributed by atoms with Gasteiger partial charge in [-0.1, -0.05) is 24.4 Å². The van der Waals surface area contributed by atoms with E-state index in [1.807, 2.05) is 6.92 Å². The number of methoxy groups -OCH3 is 1. The number of pyridine rings is 1. The number of likely N-dealkylation sites (tertiary alicyclic amines) is 1. The number of halogens is 2. The van der Waals surface area contributed by atoms with E-state index in [-0.39, 0.29) is 16.2 Å². The molecule has 2 aromatic carbocycles. The van der Waals surface area contributed by atoms with Gasteiger partial charge in [-0.25, -0.2) is 9.37 Å². The van der Waals surface area contributed by atoms with E-state index in [9.17, 15) is 5.11 Å². The summed E-state index contributed by atoms with van der Waals surface area (Å²) in [6.45, 7) is 4.19. The molecule has 0 amide bonds. The summed E-state index contributed by atoms with van der Waals surface area (Å²) >= 11 is 6.18. The summed E-state index contributed by atoms with van der Waals surface area (Å²) in [5.74, 6) is 1.06. The van der Waals surface area contributed by atoms with Gasteiger partial charge in [-0.05, 0) is 63.3 Å². The second kappa shape index (κ2) is 10.2. The van der Waals surface area contributed by atoms with E-state index in [1.165, 1.54) is 50.7 Å². The highest BCUT2D eigenvalue weighted by atomic mass is 35.5. The minimum absolute atomic E-state index is 0.0554. The maximum absolute atomic E-state index is 16.0. The molecule has 1 aliphatic carbocycles. The van der Waals surface area contributed by atoms with Gasteiger partial charge in [0.1, 0.15) is 18.2 Å². The molecule has 0 bridgehead atoms. The number of benzene rings is 2. The summed E-state index contributed by atoms with van der Waals surface area (Å²) in [5.41, 5.74) is 2.12. The molecule has 2 N–H and O–H groups in total. The number of hydrogen-bond donors (Lipinski definition) is 2. The van der Waals surface area contributed by atoms with Crippen LogP contribution in [0, 0.1) is 18.7 Å². The minimum atomic E-state index is -0.477. The maximum atomic E-state index is 16.0. The van der Waals surface area contributed by atoms with E-state index in [4.69, 9.17) is 26.1 Å². The number of aryl methyl sites for hydroxylation is 1. The van der Waals surface area contributed by atoms with Crippen molar-refractivity contribution in [2.24, 2.45) is 5.92 Å². The Morgan fingerprint density at radius 2 is 1.95 bits per heavy atom. The van der Waals surface area contributed by atoms with Crippen molar-refractivity contribution in [3.05, 3.63) is 40.8 Å². The molecule has 2 aromatic heterocycles. The third kappa shape index (κ3) is 4.33. The van der Waals surface area contributed by atoms with Gasteiger partial charge in [0.25, 0.3) is 0 Å². The fourth-order valence-corrected chi connectivity index (χ4v) is 6.68. The number of rotatable bonds is 6. The van der Waals surface area contributed by atoms with Crippen LogP contribution in [0.2, 0.25) is 5.02 Å². The van der Waals surface area contributed by atoms with E-state index in [2.05, 4.69) is 15.1 Å². The molecule has 1 aliphatic heterocycles. The maximum Gasteiger partial charge on any atom is 0.169 e. The van der Waals surface area contributed by atoms with E-state index < -0.39 is 5.82 Å². The number of nitrogens with zero attached hydrogens (tertiary/aromatic N) is 3. The van der Waals surface area contributed by atoms with Gasteiger partial charge in [-0.3, -0.25) is 10.00 Å². The number of aromatic amines is 1. The van der Waals surface area contributed by atoms with Gasteiger partial charge in [0.2, 0.25) is 0 Å².